The molecule has 0 heterocycles. The van der Waals surface area contributed by atoms with Gasteiger partial charge in [0.15, 0.2) is 6.10 Å². The summed E-state index contributed by atoms with van der Waals surface area (Å²) in [6, 6.07) is 0. The molecule has 0 aromatic carbocycles. The summed E-state index contributed by atoms with van der Waals surface area (Å²) in [5.74, 6) is -1.46. The monoisotopic (exact) mass is 180 g/mol. The molecule has 0 saturated carbocycles. The summed E-state index contributed by atoms with van der Waals surface area (Å²) >= 11 is 0. The summed E-state index contributed by atoms with van der Waals surface area (Å²) in [5, 5.41) is 25.9. The first-order valence-electron chi connectivity index (χ1n) is 3.74. The molecule has 0 bridgehead atoms. The second-order valence-electron chi connectivity index (χ2n) is 2.54. The standard InChI is InChI=1S/C7H13FO4/c8-4-2-1-3-5(9)6(10)7(11)12/h5-6,9-10H,1-4H2,(H,11,12). The first-order chi connectivity index (χ1) is 5.59. The molecule has 0 fully saturated rings. The van der Waals surface area contributed by atoms with Gasteiger partial charge in [0, 0.05) is 0 Å². The van der Waals surface area contributed by atoms with Gasteiger partial charge in [-0.3, -0.25) is 4.39 Å². The molecule has 2 atom stereocenters. The lowest BCUT2D eigenvalue weighted by atomic mass is 10.1. The highest BCUT2D eigenvalue weighted by molar-refractivity contribution is 5.72. The molecule has 3 N–H and O–H groups in total. The third-order valence-electron chi connectivity index (χ3n) is 1.50. The lowest BCUT2D eigenvalue weighted by Crippen LogP contribution is -2.33. The Balaban J connectivity index is 3.56. The summed E-state index contributed by atoms with van der Waals surface area (Å²) in [5.41, 5.74) is 0. The number of hydrogen-bond donors (Lipinski definition) is 3. The molecule has 5 heteroatoms. The van der Waals surface area contributed by atoms with Crippen LogP contribution < -0.4 is 0 Å². The first kappa shape index (κ1) is 11.3. The molecule has 0 rings (SSSR count). The molecule has 4 nitrogen and oxygen atoms in total. The Morgan fingerprint density at radius 1 is 1.33 bits per heavy atom. The van der Waals surface area contributed by atoms with E-state index in [4.69, 9.17) is 15.3 Å². The maximum Gasteiger partial charge on any atom is 0.335 e. The molecule has 0 aromatic rings. The normalized spacial score (nSPS) is 15.6. The fourth-order valence-electron chi connectivity index (χ4n) is 0.770. The van der Waals surface area contributed by atoms with Gasteiger partial charge in [0.05, 0.1) is 12.8 Å². The number of carboxylic acid groups (broad SMARTS) is 1. The predicted molar refractivity (Wildman–Crippen MR) is 39.5 cm³/mol. The van der Waals surface area contributed by atoms with Crippen LogP contribution in [-0.2, 0) is 4.79 Å². The van der Waals surface area contributed by atoms with E-state index in [1.807, 2.05) is 0 Å². The third-order valence-corrected chi connectivity index (χ3v) is 1.50. The number of aliphatic hydroxyl groups excluding tert-OH is 2. The topological polar surface area (TPSA) is 77.8 Å². The Bertz CT molecular complexity index is 139. The van der Waals surface area contributed by atoms with E-state index in [9.17, 15) is 9.18 Å². The van der Waals surface area contributed by atoms with E-state index in [0.29, 0.717) is 6.42 Å². The van der Waals surface area contributed by atoms with E-state index < -0.39 is 24.9 Å². The van der Waals surface area contributed by atoms with Gasteiger partial charge >= 0.3 is 5.97 Å². The number of carbonyl (C=O) groups is 1. The van der Waals surface area contributed by atoms with Gasteiger partial charge in [0.2, 0.25) is 0 Å². The number of rotatable bonds is 6. The molecule has 0 spiro atoms. The Morgan fingerprint density at radius 3 is 2.33 bits per heavy atom. The zero-order chi connectivity index (χ0) is 9.56. The van der Waals surface area contributed by atoms with Crippen molar-refractivity contribution in [2.75, 3.05) is 6.67 Å². The van der Waals surface area contributed by atoms with Crippen molar-refractivity contribution in [1.29, 1.82) is 0 Å². The zero-order valence-electron chi connectivity index (χ0n) is 6.61. The second kappa shape index (κ2) is 5.91. The van der Waals surface area contributed by atoms with Crippen molar-refractivity contribution in [1.82, 2.24) is 0 Å². The molecule has 2 unspecified atom stereocenters. The van der Waals surface area contributed by atoms with Crippen LogP contribution in [0.4, 0.5) is 4.39 Å². The molecule has 72 valence electrons. The van der Waals surface area contributed by atoms with Crippen LogP contribution in [0.1, 0.15) is 19.3 Å². The highest BCUT2D eigenvalue weighted by atomic mass is 19.1. The molecular formula is C7H13FO4. The SMILES string of the molecule is O=C(O)C(O)C(O)CCCCF. The highest BCUT2D eigenvalue weighted by Gasteiger charge is 2.22. The Morgan fingerprint density at radius 2 is 1.92 bits per heavy atom. The number of aliphatic hydroxyl groups is 2. The average Bonchev–Trinajstić information content (AvgIpc) is 2.03. The van der Waals surface area contributed by atoms with Gasteiger partial charge in [-0.05, 0) is 19.3 Å². The molecule has 12 heavy (non-hydrogen) atoms. The van der Waals surface area contributed by atoms with Crippen LogP contribution in [0.5, 0.6) is 0 Å². The second-order valence-corrected chi connectivity index (χ2v) is 2.54. The molecule has 0 aromatic heterocycles. The highest BCUT2D eigenvalue weighted by Crippen LogP contribution is 2.05. The summed E-state index contributed by atoms with van der Waals surface area (Å²) < 4.78 is 11.5. The number of halogens is 1. The van der Waals surface area contributed by atoms with E-state index in [2.05, 4.69) is 0 Å². The Hall–Kier alpha value is -0.680. The fraction of sp³-hybridized carbons (Fsp3) is 0.857. The smallest absolute Gasteiger partial charge is 0.335 e. The lowest BCUT2D eigenvalue weighted by molar-refractivity contribution is -0.153. The van der Waals surface area contributed by atoms with E-state index >= 15 is 0 Å². The maximum absolute atomic E-state index is 11.5. The van der Waals surface area contributed by atoms with Crippen molar-refractivity contribution >= 4 is 5.97 Å². The number of aliphatic carboxylic acids is 1. The maximum atomic E-state index is 11.5. The van der Waals surface area contributed by atoms with Gasteiger partial charge in [-0.15, -0.1) is 0 Å². The Labute approximate surface area is 69.6 Å². The quantitative estimate of drug-likeness (QED) is 0.500. The van der Waals surface area contributed by atoms with Gasteiger partial charge in [0.1, 0.15) is 0 Å². The van der Waals surface area contributed by atoms with Gasteiger partial charge in [0.25, 0.3) is 0 Å². The Kier molecular flexibility index (Phi) is 5.57. The van der Waals surface area contributed by atoms with Crippen LogP contribution in [0, 0.1) is 0 Å². The molecule has 0 aliphatic carbocycles. The minimum Gasteiger partial charge on any atom is -0.479 e. The zero-order valence-corrected chi connectivity index (χ0v) is 6.61. The van der Waals surface area contributed by atoms with Gasteiger partial charge in [-0.2, -0.15) is 0 Å². The predicted octanol–water partition coefficient (Wildman–Crippen LogP) is -0.0674. The average molecular weight is 180 g/mol. The van der Waals surface area contributed by atoms with Gasteiger partial charge in [-0.1, -0.05) is 0 Å². The van der Waals surface area contributed by atoms with Crippen LogP contribution in [0.2, 0.25) is 0 Å². The van der Waals surface area contributed by atoms with E-state index in [0.717, 1.165) is 0 Å². The number of carboxylic acids is 1. The van der Waals surface area contributed by atoms with Gasteiger partial charge in [-0.25, -0.2) is 4.79 Å². The van der Waals surface area contributed by atoms with Crippen molar-refractivity contribution in [3.8, 4) is 0 Å². The summed E-state index contributed by atoms with van der Waals surface area (Å²) in [7, 11) is 0. The molecule has 0 amide bonds. The summed E-state index contributed by atoms with van der Waals surface area (Å²) in [6.45, 7) is -0.490. The van der Waals surface area contributed by atoms with Crippen molar-refractivity contribution < 1.29 is 24.5 Å². The molecule has 0 aliphatic rings. The largest absolute Gasteiger partial charge is 0.479 e. The van der Waals surface area contributed by atoms with Crippen LogP contribution in [-0.4, -0.2) is 40.2 Å². The minimum atomic E-state index is -1.76. The number of alkyl halides is 1. The van der Waals surface area contributed by atoms with Crippen molar-refractivity contribution in [2.45, 2.75) is 31.5 Å². The van der Waals surface area contributed by atoms with Crippen LogP contribution in [0.3, 0.4) is 0 Å². The van der Waals surface area contributed by atoms with E-state index in [1.165, 1.54) is 0 Å². The van der Waals surface area contributed by atoms with Crippen molar-refractivity contribution in [3.05, 3.63) is 0 Å². The molecule has 0 saturated heterocycles. The minimum absolute atomic E-state index is 0.109. The molecular weight excluding hydrogens is 167 g/mol. The molecule has 0 radical (unpaired) electrons. The van der Waals surface area contributed by atoms with E-state index in [1.54, 1.807) is 0 Å². The lowest BCUT2D eigenvalue weighted by Gasteiger charge is -2.12. The fourth-order valence-corrected chi connectivity index (χ4v) is 0.770. The number of hydrogen-bond acceptors (Lipinski definition) is 3. The first-order valence-corrected chi connectivity index (χ1v) is 3.74. The van der Waals surface area contributed by atoms with Crippen LogP contribution in [0.15, 0.2) is 0 Å². The summed E-state index contributed by atoms with van der Waals surface area (Å²) in [4.78, 5) is 10.1. The third kappa shape index (κ3) is 4.25. The van der Waals surface area contributed by atoms with Crippen LogP contribution >= 0.6 is 0 Å². The van der Waals surface area contributed by atoms with Crippen molar-refractivity contribution in [3.63, 3.8) is 0 Å². The molecule has 0 aliphatic heterocycles. The van der Waals surface area contributed by atoms with Gasteiger partial charge < -0.3 is 15.3 Å². The summed E-state index contributed by atoms with van der Waals surface area (Å²) in [6.07, 6.45) is -2.29. The number of unbranched alkanes of at least 4 members (excludes halogenated alkanes) is 1. The van der Waals surface area contributed by atoms with Crippen LogP contribution in [0.25, 0.3) is 0 Å². The van der Waals surface area contributed by atoms with E-state index in [-0.39, 0.29) is 12.8 Å². The van der Waals surface area contributed by atoms with Crippen molar-refractivity contribution in [2.24, 2.45) is 0 Å².